The fourth-order valence-corrected chi connectivity index (χ4v) is 2.14. The summed E-state index contributed by atoms with van der Waals surface area (Å²) in [5.74, 6) is 0.855. The van der Waals surface area contributed by atoms with Gasteiger partial charge in [0.05, 0.1) is 17.2 Å². The van der Waals surface area contributed by atoms with Crippen LogP contribution in [0.4, 0.5) is 0 Å². The summed E-state index contributed by atoms with van der Waals surface area (Å²) in [6.45, 7) is 6.35. The van der Waals surface area contributed by atoms with Gasteiger partial charge in [-0.1, -0.05) is 20.8 Å². The maximum atomic E-state index is 4.70. The summed E-state index contributed by atoms with van der Waals surface area (Å²) in [6, 6.07) is 4.00. The Balaban J connectivity index is 2.44. The molecule has 4 nitrogen and oxygen atoms in total. The Labute approximate surface area is 106 Å². The predicted molar refractivity (Wildman–Crippen MR) is 72.5 cm³/mol. The van der Waals surface area contributed by atoms with Gasteiger partial charge in [-0.25, -0.2) is 9.97 Å². The molecular formula is C14H16N4. The number of aromatic nitrogens is 4. The second kappa shape index (κ2) is 3.51. The van der Waals surface area contributed by atoms with Gasteiger partial charge in [0.25, 0.3) is 0 Å². The van der Waals surface area contributed by atoms with Gasteiger partial charge in [0.2, 0.25) is 0 Å². The van der Waals surface area contributed by atoms with Crippen molar-refractivity contribution in [3.63, 3.8) is 0 Å². The largest absolute Gasteiger partial charge is 0.340 e. The van der Waals surface area contributed by atoms with Crippen molar-refractivity contribution in [3.8, 4) is 0 Å². The molecule has 0 bridgehead atoms. The molecule has 3 aromatic rings. The Morgan fingerprint density at radius 3 is 2.56 bits per heavy atom. The van der Waals surface area contributed by atoms with E-state index in [4.69, 9.17) is 4.98 Å². The Morgan fingerprint density at radius 1 is 1.06 bits per heavy atom. The normalized spacial score (nSPS) is 12.4. The molecule has 0 fully saturated rings. The summed E-state index contributed by atoms with van der Waals surface area (Å²) in [5, 5.41) is 0. The number of fused-ring (bicyclic) bond motifs is 3. The van der Waals surface area contributed by atoms with Crippen molar-refractivity contribution < 1.29 is 0 Å². The molecule has 0 aromatic carbocycles. The van der Waals surface area contributed by atoms with Crippen LogP contribution in [0.5, 0.6) is 0 Å². The van der Waals surface area contributed by atoms with Crippen LogP contribution in [0.1, 0.15) is 26.6 Å². The van der Waals surface area contributed by atoms with Crippen LogP contribution in [0, 0.1) is 0 Å². The molecule has 4 heteroatoms. The zero-order chi connectivity index (χ0) is 12.9. The minimum absolute atomic E-state index is 0.0505. The average Bonchev–Trinajstić information content (AvgIpc) is 2.63. The predicted octanol–water partition coefficient (Wildman–Crippen LogP) is 2.81. The van der Waals surface area contributed by atoms with Gasteiger partial charge in [-0.15, -0.1) is 0 Å². The lowest BCUT2D eigenvalue weighted by Crippen LogP contribution is -2.15. The van der Waals surface area contributed by atoms with Crippen molar-refractivity contribution in [2.24, 2.45) is 7.05 Å². The van der Waals surface area contributed by atoms with E-state index in [9.17, 15) is 0 Å². The topological polar surface area (TPSA) is 43.6 Å². The number of rotatable bonds is 0. The van der Waals surface area contributed by atoms with Crippen LogP contribution < -0.4 is 0 Å². The van der Waals surface area contributed by atoms with Crippen molar-refractivity contribution in [2.45, 2.75) is 26.2 Å². The average molecular weight is 240 g/mol. The molecule has 0 saturated heterocycles. The van der Waals surface area contributed by atoms with Gasteiger partial charge in [-0.2, -0.15) is 0 Å². The third-order valence-electron chi connectivity index (χ3n) is 3.17. The van der Waals surface area contributed by atoms with Gasteiger partial charge in [0.1, 0.15) is 16.9 Å². The highest BCUT2D eigenvalue weighted by molar-refractivity contribution is 6.02. The van der Waals surface area contributed by atoms with E-state index in [0.29, 0.717) is 0 Å². The van der Waals surface area contributed by atoms with E-state index in [1.807, 2.05) is 19.3 Å². The summed E-state index contributed by atoms with van der Waals surface area (Å²) < 4.78 is 2.09. The van der Waals surface area contributed by atoms with Crippen molar-refractivity contribution in [2.75, 3.05) is 0 Å². The van der Waals surface area contributed by atoms with Gasteiger partial charge in [-0.3, -0.25) is 4.98 Å². The van der Waals surface area contributed by atoms with Crippen LogP contribution >= 0.6 is 0 Å². The van der Waals surface area contributed by atoms with Crippen LogP contribution in [0.25, 0.3) is 22.1 Å². The highest BCUT2D eigenvalue weighted by atomic mass is 15.0. The molecule has 3 aromatic heterocycles. The summed E-state index contributed by atoms with van der Waals surface area (Å²) in [7, 11) is 2.02. The van der Waals surface area contributed by atoms with E-state index >= 15 is 0 Å². The molecule has 0 aliphatic rings. The van der Waals surface area contributed by atoms with Crippen LogP contribution in [-0.2, 0) is 12.5 Å². The number of hydrogen-bond acceptors (Lipinski definition) is 3. The highest BCUT2D eigenvalue weighted by Crippen LogP contribution is 2.26. The summed E-state index contributed by atoms with van der Waals surface area (Å²) >= 11 is 0. The maximum absolute atomic E-state index is 4.70. The Bertz CT molecular complexity index is 734. The van der Waals surface area contributed by atoms with E-state index in [0.717, 1.165) is 27.9 Å². The molecule has 92 valence electrons. The zero-order valence-electron chi connectivity index (χ0n) is 11.1. The second-order valence-electron chi connectivity index (χ2n) is 5.61. The summed E-state index contributed by atoms with van der Waals surface area (Å²) in [4.78, 5) is 13.6. The van der Waals surface area contributed by atoms with E-state index in [2.05, 4.69) is 41.4 Å². The summed E-state index contributed by atoms with van der Waals surface area (Å²) in [5.41, 5.74) is 3.95. The van der Waals surface area contributed by atoms with E-state index in [-0.39, 0.29) is 5.41 Å². The Hall–Kier alpha value is -1.97. The molecule has 3 heterocycles. The number of aryl methyl sites for hydroxylation is 1. The number of pyridine rings is 1. The molecule has 3 rings (SSSR count). The molecule has 0 unspecified atom stereocenters. The molecule has 0 radical (unpaired) electrons. The molecule has 0 spiro atoms. The Morgan fingerprint density at radius 2 is 1.83 bits per heavy atom. The van der Waals surface area contributed by atoms with Gasteiger partial charge in [0.15, 0.2) is 0 Å². The zero-order valence-corrected chi connectivity index (χ0v) is 11.1. The molecule has 0 atom stereocenters. The highest BCUT2D eigenvalue weighted by Gasteiger charge is 2.19. The first kappa shape index (κ1) is 11.1. The SMILES string of the molecule is Cn1c2cccnc2c2nc(C(C)(C)C)ncc21. The number of nitrogens with zero attached hydrogens (tertiary/aromatic N) is 4. The molecule has 18 heavy (non-hydrogen) atoms. The van der Waals surface area contributed by atoms with Gasteiger partial charge in [-0.05, 0) is 12.1 Å². The lowest BCUT2D eigenvalue weighted by molar-refractivity contribution is 0.548. The van der Waals surface area contributed by atoms with Gasteiger partial charge >= 0.3 is 0 Å². The Kier molecular flexibility index (Phi) is 2.17. The third-order valence-corrected chi connectivity index (χ3v) is 3.17. The van der Waals surface area contributed by atoms with Crippen LogP contribution in [0.2, 0.25) is 0 Å². The molecule has 0 amide bonds. The smallest absolute Gasteiger partial charge is 0.134 e. The van der Waals surface area contributed by atoms with Gasteiger partial charge in [0, 0.05) is 18.7 Å². The van der Waals surface area contributed by atoms with E-state index < -0.39 is 0 Å². The quantitative estimate of drug-likeness (QED) is 0.607. The second-order valence-corrected chi connectivity index (χ2v) is 5.61. The van der Waals surface area contributed by atoms with Crippen LogP contribution in [-0.4, -0.2) is 19.5 Å². The molecule has 0 aliphatic heterocycles. The van der Waals surface area contributed by atoms with Crippen molar-refractivity contribution in [1.29, 1.82) is 0 Å². The molecule has 0 aliphatic carbocycles. The van der Waals surface area contributed by atoms with Crippen LogP contribution in [0.3, 0.4) is 0 Å². The first-order valence-corrected chi connectivity index (χ1v) is 6.05. The van der Waals surface area contributed by atoms with E-state index in [1.54, 1.807) is 6.20 Å². The molecule has 0 saturated carbocycles. The minimum Gasteiger partial charge on any atom is -0.340 e. The lowest BCUT2D eigenvalue weighted by atomic mass is 9.96. The lowest BCUT2D eigenvalue weighted by Gasteiger charge is -2.15. The first-order chi connectivity index (χ1) is 8.48. The fourth-order valence-electron chi connectivity index (χ4n) is 2.14. The van der Waals surface area contributed by atoms with E-state index in [1.165, 1.54) is 0 Å². The third kappa shape index (κ3) is 1.49. The van der Waals surface area contributed by atoms with Crippen molar-refractivity contribution >= 4 is 22.1 Å². The minimum atomic E-state index is -0.0505. The maximum Gasteiger partial charge on any atom is 0.134 e. The van der Waals surface area contributed by atoms with Crippen LogP contribution in [0.15, 0.2) is 24.5 Å². The molecular weight excluding hydrogens is 224 g/mol. The monoisotopic (exact) mass is 240 g/mol. The first-order valence-electron chi connectivity index (χ1n) is 6.05. The fraction of sp³-hybridized carbons (Fsp3) is 0.357. The van der Waals surface area contributed by atoms with Crippen molar-refractivity contribution in [1.82, 2.24) is 19.5 Å². The number of hydrogen-bond donors (Lipinski definition) is 0. The van der Waals surface area contributed by atoms with Crippen molar-refractivity contribution in [3.05, 3.63) is 30.4 Å². The van der Waals surface area contributed by atoms with Gasteiger partial charge < -0.3 is 4.57 Å². The summed E-state index contributed by atoms with van der Waals surface area (Å²) in [6.07, 6.45) is 3.70. The standard InChI is InChI=1S/C14H16N4/c1-14(2,3)13-16-8-10-12(17-13)11-9(18(10)4)6-5-7-15-11/h5-8H,1-4H3. The molecule has 0 N–H and O–H groups in total.